The molecule has 0 aliphatic rings. The van der Waals surface area contributed by atoms with Crippen LogP contribution in [0.3, 0.4) is 0 Å². The largest absolute Gasteiger partial charge is 0.208 e. The normalized spacial score (nSPS) is 11.0. The van der Waals surface area contributed by atoms with E-state index < -0.39 is 0 Å². The van der Waals surface area contributed by atoms with Gasteiger partial charge in [-0.15, -0.1) is 0 Å². The smallest absolute Gasteiger partial charge is 0.165 e. The SMILES string of the molecule is Clc1ccccc1-c1nc(-c2ccccc2)nc(-c2cccc(-c3ccc4ccccc4c3)c2)n1. The molecule has 0 radical (unpaired) electrons. The number of hydrogen-bond donors (Lipinski definition) is 0. The molecule has 0 aliphatic carbocycles. The zero-order chi connectivity index (χ0) is 23.6. The molecule has 0 aliphatic heterocycles. The van der Waals surface area contributed by atoms with Crippen molar-refractivity contribution in [2.24, 2.45) is 0 Å². The second kappa shape index (κ2) is 9.13. The summed E-state index contributed by atoms with van der Waals surface area (Å²) in [5.41, 5.74) is 4.88. The van der Waals surface area contributed by atoms with Crippen molar-refractivity contribution < 1.29 is 0 Å². The first-order valence-electron chi connectivity index (χ1n) is 11.4. The summed E-state index contributed by atoms with van der Waals surface area (Å²) < 4.78 is 0. The van der Waals surface area contributed by atoms with E-state index in [1.54, 1.807) is 0 Å². The molecule has 35 heavy (non-hydrogen) atoms. The highest BCUT2D eigenvalue weighted by atomic mass is 35.5. The summed E-state index contributed by atoms with van der Waals surface area (Å²) >= 11 is 6.51. The average Bonchev–Trinajstić information content (AvgIpc) is 2.93. The average molecular weight is 470 g/mol. The molecule has 0 fully saturated rings. The van der Waals surface area contributed by atoms with Crippen LogP contribution < -0.4 is 0 Å². The summed E-state index contributed by atoms with van der Waals surface area (Å²) in [6.45, 7) is 0. The monoisotopic (exact) mass is 469 g/mol. The van der Waals surface area contributed by atoms with Crippen LogP contribution in [0.1, 0.15) is 0 Å². The zero-order valence-electron chi connectivity index (χ0n) is 18.8. The molecular weight excluding hydrogens is 450 g/mol. The second-order valence-corrected chi connectivity index (χ2v) is 8.70. The third-order valence-corrected chi connectivity index (χ3v) is 6.32. The highest BCUT2D eigenvalue weighted by Gasteiger charge is 2.14. The lowest BCUT2D eigenvalue weighted by molar-refractivity contribution is 1.07. The molecule has 1 aromatic heterocycles. The van der Waals surface area contributed by atoms with E-state index in [4.69, 9.17) is 26.6 Å². The van der Waals surface area contributed by atoms with Gasteiger partial charge in [-0.05, 0) is 46.2 Å². The third kappa shape index (κ3) is 4.30. The minimum absolute atomic E-state index is 0.551. The van der Waals surface area contributed by atoms with Gasteiger partial charge in [-0.1, -0.05) is 109 Å². The minimum atomic E-state index is 0.551. The molecule has 0 saturated heterocycles. The lowest BCUT2D eigenvalue weighted by atomic mass is 9.99. The van der Waals surface area contributed by atoms with Gasteiger partial charge in [0.1, 0.15) is 0 Å². The summed E-state index contributed by atoms with van der Waals surface area (Å²) in [6, 6.07) is 40.8. The van der Waals surface area contributed by atoms with Crippen molar-refractivity contribution in [1.82, 2.24) is 15.0 Å². The van der Waals surface area contributed by atoms with Crippen molar-refractivity contribution in [2.45, 2.75) is 0 Å². The van der Waals surface area contributed by atoms with Crippen LogP contribution in [0.2, 0.25) is 5.02 Å². The Morgan fingerprint density at radius 3 is 1.83 bits per heavy atom. The Kier molecular flexibility index (Phi) is 5.53. The molecule has 0 bridgehead atoms. The quantitative estimate of drug-likeness (QED) is 0.260. The van der Waals surface area contributed by atoms with E-state index in [0.29, 0.717) is 22.5 Å². The van der Waals surface area contributed by atoms with Crippen LogP contribution in [-0.2, 0) is 0 Å². The number of halogens is 1. The lowest BCUT2D eigenvalue weighted by Gasteiger charge is -2.10. The van der Waals surface area contributed by atoms with Crippen LogP contribution in [0.4, 0.5) is 0 Å². The molecule has 0 atom stereocenters. The predicted octanol–water partition coefficient (Wildman–Crippen LogP) is 8.35. The number of fused-ring (bicyclic) bond motifs is 1. The molecule has 1 heterocycles. The van der Waals surface area contributed by atoms with Gasteiger partial charge in [0.25, 0.3) is 0 Å². The Bertz CT molecular complexity index is 1660. The fraction of sp³-hybridized carbons (Fsp3) is 0. The van der Waals surface area contributed by atoms with Crippen molar-refractivity contribution in [3.05, 3.63) is 126 Å². The summed E-state index contributed by atoms with van der Waals surface area (Å²) in [5.74, 6) is 1.77. The van der Waals surface area contributed by atoms with E-state index in [2.05, 4.69) is 54.6 Å². The third-order valence-electron chi connectivity index (χ3n) is 5.99. The zero-order valence-corrected chi connectivity index (χ0v) is 19.5. The van der Waals surface area contributed by atoms with Gasteiger partial charge in [-0.25, -0.2) is 15.0 Å². The second-order valence-electron chi connectivity index (χ2n) is 8.29. The molecule has 4 heteroatoms. The summed E-state index contributed by atoms with van der Waals surface area (Å²) in [6.07, 6.45) is 0. The van der Waals surface area contributed by atoms with Gasteiger partial charge in [-0.2, -0.15) is 0 Å². The topological polar surface area (TPSA) is 38.7 Å². The van der Waals surface area contributed by atoms with Crippen LogP contribution in [0.15, 0.2) is 121 Å². The molecule has 0 amide bonds. The molecule has 0 N–H and O–H groups in total. The molecular formula is C31H20ClN3. The van der Waals surface area contributed by atoms with Crippen LogP contribution in [0, 0.1) is 0 Å². The van der Waals surface area contributed by atoms with Gasteiger partial charge in [0.15, 0.2) is 17.5 Å². The standard InChI is InChI=1S/C31H20ClN3/c32-28-16-7-6-15-27(28)31-34-29(22-10-2-1-3-11-22)33-30(35-31)26-14-8-13-24(20-26)25-18-17-21-9-4-5-12-23(21)19-25/h1-20H. The molecule has 166 valence electrons. The van der Waals surface area contributed by atoms with Gasteiger partial charge in [-0.3, -0.25) is 0 Å². The maximum atomic E-state index is 6.51. The predicted molar refractivity (Wildman–Crippen MR) is 144 cm³/mol. The van der Waals surface area contributed by atoms with Crippen molar-refractivity contribution in [3.63, 3.8) is 0 Å². The molecule has 0 spiro atoms. The Morgan fingerprint density at radius 2 is 1.00 bits per heavy atom. The Hall–Kier alpha value is -4.34. The summed E-state index contributed by atoms with van der Waals surface area (Å²) in [5, 5.41) is 3.04. The van der Waals surface area contributed by atoms with Crippen LogP contribution >= 0.6 is 11.6 Å². The van der Waals surface area contributed by atoms with Gasteiger partial charge < -0.3 is 0 Å². The molecule has 5 aromatic carbocycles. The van der Waals surface area contributed by atoms with Crippen molar-refractivity contribution in [1.29, 1.82) is 0 Å². The van der Waals surface area contributed by atoms with E-state index in [1.165, 1.54) is 10.8 Å². The highest BCUT2D eigenvalue weighted by molar-refractivity contribution is 6.33. The van der Waals surface area contributed by atoms with Crippen LogP contribution in [-0.4, -0.2) is 15.0 Å². The van der Waals surface area contributed by atoms with Gasteiger partial charge >= 0.3 is 0 Å². The maximum absolute atomic E-state index is 6.51. The first kappa shape index (κ1) is 21.2. The fourth-order valence-electron chi connectivity index (χ4n) is 4.19. The van der Waals surface area contributed by atoms with E-state index in [0.717, 1.165) is 27.8 Å². The van der Waals surface area contributed by atoms with E-state index >= 15 is 0 Å². The summed E-state index contributed by atoms with van der Waals surface area (Å²) in [4.78, 5) is 14.5. The van der Waals surface area contributed by atoms with Crippen LogP contribution in [0.25, 0.3) is 56.1 Å². The minimum Gasteiger partial charge on any atom is -0.208 e. The number of hydrogen-bond acceptors (Lipinski definition) is 3. The summed E-state index contributed by atoms with van der Waals surface area (Å²) in [7, 11) is 0. The number of benzene rings is 5. The fourth-order valence-corrected chi connectivity index (χ4v) is 4.41. The molecule has 0 unspecified atom stereocenters. The number of nitrogens with zero attached hydrogens (tertiary/aromatic N) is 3. The molecule has 0 saturated carbocycles. The lowest BCUT2D eigenvalue weighted by Crippen LogP contribution is -2.00. The first-order chi connectivity index (χ1) is 17.2. The number of rotatable bonds is 4. The molecule has 6 rings (SSSR count). The van der Waals surface area contributed by atoms with Gasteiger partial charge in [0.2, 0.25) is 0 Å². The van der Waals surface area contributed by atoms with Gasteiger partial charge in [0.05, 0.1) is 5.02 Å². The molecule has 3 nitrogen and oxygen atoms in total. The first-order valence-corrected chi connectivity index (χ1v) is 11.8. The van der Waals surface area contributed by atoms with E-state index in [9.17, 15) is 0 Å². The van der Waals surface area contributed by atoms with Gasteiger partial charge in [0, 0.05) is 16.7 Å². The van der Waals surface area contributed by atoms with Crippen molar-refractivity contribution in [3.8, 4) is 45.3 Å². The Balaban J connectivity index is 1.50. The van der Waals surface area contributed by atoms with E-state index in [-0.39, 0.29) is 0 Å². The van der Waals surface area contributed by atoms with Crippen LogP contribution in [0.5, 0.6) is 0 Å². The maximum Gasteiger partial charge on any atom is 0.165 e. The Morgan fingerprint density at radius 1 is 0.400 bits per heavy atom. The molecule has 6 aromatic rings. The van der Waals surface area contributed by atoms with Crippen molar-refractivity contribution in [2.75, 3.05) is 0 Å². The Labute approximate surface area is 208 Å². The van der Waals surface area contributed by atoms with E-state index in [1.807, 2.05) is 66.7 Å². The highest BCUT2D eigenvalue weighted by Crippen LogP contribution is 2.31. The number of aromatic nitrogens is 3. The van der Waals surface area contributed by atoms with Crippen molar-refractivity contribution >= 4 is 22.4 Å².